The van der Waals surface area contributed by atoms with E-state index in [2.05, 4.69) is 0 Å². The summed E-state index contributed by atoms with van der Waals surface area (Å²) in [5, 5.41) is 30.3. The van der Waals surface area contributed by atoms with E-state index in [-0.39, 0.29) is 88.2 Å². The van der Waals surface area contributed by atoms with Gasteiger partial charge in [-0.05, 0) is 31.8 Å². The molecular formula is C15H20KNO6. The average molecular weight is 349 g/mol. The SMILES string of the molecule is C[C@@H](O)[C@H]1C(=O)N2C(C(=O)[O-])=C3[C@@H](OCCO)CCC[C@@H]3[C@H]12.[K+]. The van der Waals surface area contributed by atoms with Gasteiger partial charge >= 0.3 is 51.4 Å². The molecule has 1 amide bonds. The van der Waals surface area contributed by atoms with Crippen molar-refractivity contribution >= 4 is 11.9 Å². The molecule has 3 rings (SSSR count). The van der Waals surface area contributed by atoms with E-state index in [9.17, 15) is 19.8 Å². The molecule has 1 aliphatic carbocycles. The first-order valence-electron chi connectivity index (χ1n) is 7.68. The molecule has 2 heterocycles. The Morgan fingerprint density at radius 2 is 2.17 bits per heavy atom. The van der Waals surface area contributed by atoms with E-state index in [1.807, 2.05) is 0 Å². The van der Waals surface area contributed by atoms with Crippen molar-refractivity contribution < 1.29 is 81.0 Å². The Morgan fingerprint density at radius 1 is 1.48 bits per heavy atom. The van der Waals surface area contributed by atoms with Crippen LogP contribution in [0.2, 0.25) is 0 Å². The quantitative estimate of drug-likeness (QED) is 0.382. The summed E-state index contributed by atoms with van der Waals surface area (Å²) in [6.45, 7) is 1.54. The van der Waals surface area contributed by atoms with Crippen molar-refractivity contribution in [1.29, 1.82) is 0 Å². The average Bonchev–Trinajstić information content (AvgIpc) is 2.76. The fraction of sp³-hybridized carbons (Fsp3) is 0.733. The molecule has 1 saturated carbocycles. The molecule has 7 nitrogen and oxygen atoms in total. The van der Waals surface area contributed by atoms with E-state index < -0.39 is 24.1 Å². The minimum absolute atomic E-state index is 0. The van der Waals surface area contributed by atoms with E-state index in [4.69, 9.17) is 9.84 Å². The Morgan fingerprint density at radius 3 is 2.74 bits per heavy atom. The number of nitrogens with zero attached hydrogens (tertiary/aromatic N) is 1. The van der Waals surface area contributed by atoms with Gasteiger partial charge in [0.05, 0.1) is 49.0 Å². The topological polar surface area (TPSA) is 110 Å². The van der Waals surface area contributed by atoms with Crippen molar-refractivity contribution in [2.75, 3.05) is 13.2 Å². The number of carbonyl (C=O) groups excluding carboxylic acids is 2. The van der Waals surface area contributed by atoms with E-state index >= 15 is 0 Å². The number of rotatable bonds is 5. The van der Waals surface area contributed by atoms with Gasteiger partial charge in [-0.15, -0.1) is 0 Å². The predicted molar refractivity (Wildman–Crippen MR) is 72.0 cm³/mol. The zero-order chi connectivity index (χ0) is 16.0. The van der Waals surface area contributed by atoms with E-state index in [0.29, 0.717) is 12.0 Å². The standard InChI is InChI=1S/C15H21NO6.K/c1-7(18)10-12-8-3-2-4-9(22-6-5-17)11(8)13(15(20)21)16(12)14(10)19;/h7-10,12,17-18H,2-6H2,1H3,(H,20,21);/q;+1/p-1/t7-,8+,9+,10-,12-;/m1./s1. The number of β-lactam (4-membered cyclic amide) rings is 1. The number of aliphatic hydroxyl groups is 2. The molecule has 0 bridgehead atoms. The van der Waals surface area contributed by atoms with Gasteiger partial charge in [-0.1, -0.05) is 0 Å². The summed E-state index contributed by atoms with van der Waals surface area (Å²) < 4.78 is 5.58. The summed E-state index contributed by atoms with van der Waals surface area (Å²) in [6.07, 6.45) is 1.07. The second kappa shape index (κ2) is 7.61. The molecule has 23 heavy (non-hydrogen) atoms. The maximum absolute atomic E-state index is 12.2. The monoisotopic (exact) mass is 349 g/mol. The summed E-state index contributed by atoms with van der Waals surface area (Å²) in [6, 6.07) is -0.309. The van der Waals surface area contributed by atoms with Crippen LogP contribution in [0.3, 0.4) is 0 Å². The third-order valence-corrected chi connectivity index (χ3v) is 4.97. The van der Waals surface area contributed by atoms with Crippen LogP contribution >= 0.6 is 0 Å². The molecule has 122 valence electrons. The number of fused-ring (bicyclic) bond motifs is 3. The first-order chi connectivity index (χ1) is 10.5. The summed E-state index contributed by atoms with van der Waals surface area (Å²) in [5.74, 6) is -2.41. The van der Waals surface area contributed by atoms with Gasteiger partial charge in [-0.3, -0.25) is 4.79 Å². The predicted octanol–water partition coefficient (Wildman–Crippen LogP) is -4.61. The van der Waals surface area contributed by atoms with Gasteiger partial charge in [0.15, 0.2) is 0 Å². The molecule has 0 aromatic heterocycles. The molecule has 0 unspecified atom stereocenters. The molecule has 0 aromatic rings. The second-order valence-electron chi connectivity index (χ2n) is 6.18. The van der Waals surface area contributed by atoms with Gasteiger partial charge in [-0.25, -0.2) is 0 Å². The maximum Gasteiger partial charge on any atom is 1.00 e. The Balaban J connectivity index is 0.00000192. The number of amides is 1. The number of carboxylic acid groups (broad SMARTS) is 1. The first kappa shape index (κ1) is 19.5. The number of aliphatic carboxylic acids is 1. The van der Waals surface area contributed by atoms with Gasteiger partial charge in [0.25, 0.3) is 0 Å². The Hall–Kier alpha value is 0.196. The van der Waals surface area contributed by atoms with Crippen LogP contribution in [0.5, 0.6) is 0 Å². The van der Waals surface area contributed by atoms with Crippen molar-refractivity contribution in [1.82, 2.24) is 4.90 Å². The van der Waals surface area contributed by atoms with Crippen LogP contribution in [0.1, 0.15) is 26.2 Å². The number of carboxylic acids is 1. The first-order valence-corrected chi connectivity index (χ1v) is 7.68. The molecular weight excluding hydrogens is 329 g/mol. The zero-order valence-corrected chi connectivity index (χ0v) is 16.5. The van der Waals surface area contributed by atoms with Gasteiger partial charge in [0, 0.05) is 5.92 Å². The van der Waals surface area contributed by atoms with Crippen LogP contribution in [0, 0.1) is 11.8 Å². The minimum Gasteiger partial charge on any atom is -0.543 e. The van der Waals surface area contributed by atoms with E-state index in [1.54, 1.807) is 6.92 Å². The van der Waals surface area contributed by atoms with Crippen molar-refractivity contribution in [3.63, 3.8) is 0 Å². The van der Waals surface area contributed by atoms with Crippen LogP contribution in [-0.4, -0.2) is 58.5 Å². The Kier molecular flexibility index (Phi) is 6.46. The molecule has 0 spiro atoms. The van der Waals surface area contributed by atoms with Crippen molar-refractivity contribution in [3.8, 4) is 0 Å². The fourth-order valence-electron chi connectivity index (χ4n) is 4.19. The van der Waals surface area contributed by atoms with Gasteiger partial charge < -0.3 is 29.8 Å². The third-order valence-electron chi connectivity index (χ3n) is 4.97. The van der Waals surface area contributed by atoms with Crippen molar-refractivity contribution in [2.24, 2.45) is 11.8 Å². The molecule has 0 radical (unpaired) electrons. The smallest absolute Gasteiger partial charge is 0.543 e. The zero-order valence-electron chi connectivity index (χ0n) is 13.4. The third kappa shape index (κ3) is 3.08. The molecule has 2 fully saturated rings. The van der Waals surface area contributed by atoms with Crippen molar-refractivity contribution in [2.45, 2.75) is 44.4 Å². The van der Waals surface area contributed by atoms with E-state index in [1.165, 1.54) is 4.90 Å². The molecule has 5 atom stereocenters. The molecule has 2 N–H and O–H groups in total. The molecule has 0 aromatic carbocycles. The summed E-state index contributed by atoms with van der Waals surface area (Å²) in [4.78, 5) is 25.1. The van der Waals surface area contributed by atoms with Crippen LogP contribution in [0.15, 0.2) is 11.3 Å². The van der Waals surface area contributed by atoms with E-state index in [0.717, 1.165) is 12.8 Å². The number of hydrogen-bond donors (Lipinski definition) is 2. The second-order valence-corrected chi connectivity index (χ2v) is 6.18. The number of aliphatic hydroxyl groups excluding tert-OH is 2. The number of ether oxygens (including phenoxy) is 1. The summed E-state index contributed by atoms with van der Waals surface area (Å²) >= 11 is 0. The molecule has 8 heteroatoms. The minimum atomic E-state index is -1.38. The van der Waals surface area contributed by atoms with Gasteiger partial charge in [0.1, 0.15) is 0 Å². The summed E-state index contributed by atoms with van der Waals surface area (Å²) in [7, 11) is 0. The fourth-order valence-corrected chi connectivity index (χ4v) is 4.19. The van der Waals surface area contributed by atoms with Crippen LogP contribution in [-0.2, 0) is 14.3 Å². The normalized spacial score (nSPS) is 33.5. The summed E-state index contributed by atoms with van der Waals surface area (Å²) in [5.41, 5.74) is 0.515. The Labute approximate surface area is 177 Å². The van der Waals surface area contributed by atoms with Crippen molar-refractivity contribution in [3.05, 3.63) is 11.3 Å². The number of hydrogen-bond acceptors (Lipinski definition) is 6. The number of carbonyl (C=O) groups is 2. The largest absolute Gasteiger partial charge is 1.00 e. The van der Waals surface area contributed by atoms with Crippen LogP contribution < -0.4 is 56.5 Å². The molecule has 3 aliphatic rings. The van der Waals surface area contributed by atoms with Crippen LogP contribution in [0.4, 0.5) is 0 Å². The maximum atomic E-state index is 12.2. The van der Waals surface area contributed by atoms with Crippen LogP contribution in [0.25, 0.3) is 0 Å². The van der Waals surface area contributed by atoms with Gasteiger partial charge in [-0.2, -0.15) is 0 Å². The Bertz CT molecular complexity index is 534. The van der Waals surface area contributed by atoms with Gasteiger partial charge in [0.2, 0.25) is 5.91 Å². The molecule has 1 saturated heterocycles. The molecule has 2 aliphatic heterocycles.